The molecule has 4 heterocycles. The number of likely N-dealkylation sites (N-methyl/N-ethyl adjacent to an activating group) is 1. The van der Waals surface area contributed by atoms with E-state index in [2.05, 4.69) is 4.90 Å². The van der Waals surface area contributed by atoms with Crippen molar-refractivity contribution in [3.63, 3.8) is 0 Å². The number of rotatable bonds is 7. The highest BCUT2D eigenvalue weighted by Gasteiger charge is 2.66. The number of anilines is 1. The van der Waals surface area contributed by atoms with Crippen molar-refractivity contribution in [1.82, 2.24) is 14.1 Å². The third-order valence-electron chi connectivity index (χ3n) is 8.73. The third-order valence-corrected chi connectivity index (χ3v) is 10.6. The van der Waals surface area contributed by atoms with E-state index in [0.717, 1.165) is 25.9 Å². The Morgan fingerprint density at radius 1 is 0.929 bits per heavy atom. The number of ketones is 1. The molecule has 1 N–H and O–H groups in total. The molecule has 4 aliphatic heterocycles. The maximum atomic E-state index is 14.2. The third kappa shape index (κ3) is 4.36. The fourth-order valence-electron chi connectivity index (χ4n) is 6.55. The van der Waals surface area contributed by atoms with Crippen molar-refractivity contribution >= 4 is 39.1 Å². The first kappa shape index (κ1) is 28.5. The molecule has 42 heavy (non-hydrogen) atoms. The van der Waals surface area contributed by atoms with Crippen molar-refractivity contribution in [3.05, 3.63) is 65.2 Å². The van der Waals surface area contributed by atoms with Crippen LogP contribution in [0.25, 0.3) is 5.76 Å². The van der Waals surface area contributed by atoms with E-state index in [1.54, 1.807) is 31.3 Å². The van der Waals surface area contributed by atoms with Gasteiger partial charge >= 0.3 is 0 Å². The standard InChI is InChI=1S/C30H34N4O7S/c1-31-24-8-3-2-7-23(24)30(29(31)38)25(27(36)28(37)34(30)16-6-13-32-17-19-41-20-18-32)26(35)21-9-11-22(12-10-21)42(39,40)33-14-4-5-15-33/h2-3,7-12,35H,4-6,13-20H2,1H3/b26-25+. The molecule has 11 nitrogen and oxygen atoms in total. The number of fused-ring (bicyclic) bond motifs is 2. The van der Waals surface area contributed by atoms with E-state index in [9.17, 15) is 27.9 Å². The Bertz CT molecular complexity index is 1560. The molecule has 3 saturated heterocycles. The summed E-state index contributed by atoms with van der Waals surface area (Å²) in [6.07, 6.45) is 2.11. The predicted molar refractivity (Wildman–Crippen MR) is 154 cm³/mol. The highest BCUT2D eigenvalue weighted by molar-refractivity contribution is 7.89. The summed E-state index contributed by atoms with van der Waals surface area (Å²) in [5, 5.41) is 11.6. The van der Waals surface area contributed by atoms with Crippen LogP contribution >= 0.6 is 0 Å². The summed E-state index contributed by atoms with van der Waals surface area (Å²) in [6.45, 7) is 4.46. The zero-order chi connectivity index (χ0) is 29.6. The number of amides is 2. The lowest BCUT2D eigenvalue weighted by molar-refractivity contribution is -0.143. The Morgan fingerprint density at radius 3 is 2.29 bits per heavy atom. The molecule has 1 unspecified atom stereocenters. The minimum Gasteiger partial charge on any atom is -0.507 e. The van der Waals surface area contributed by atoms with Crippen molar-refractivity contribution in [2.24, 2.45) is 0 Å². The Balaban J connectivity index is 1.42. The molecule has 6 rings (SSSR count). The van der Waals surface area contributed by atoms with Gasteiger partial charge in [-0.25, -0.2) is 8.42 Å². The number of carbonyl (C=O) groups excluding carboxylic acids is 3. The summed E-state index contributed by atoms with van der Waals surface area (Å²) >= 11 is 0. The molecule has 2 aromatic rings. The Labute approximate surface area is 245 Å². The van der Waals surface area contributed by atoms with Gasteiger partial charge in [0.15, 0.2) is 5.54 Å². The number of Topliss-reactive ketones (excluding diaryl/α,β-unsaturated/α-hetero) is 1. The van der Waals surface area contributed by atoms with E-state index >= 15 is 0 Å². The van der Waals surface area contributed by atoms with Gasteiger partial charge in [-0.05, 0) is 49.6 Å². The molecule has 0 aromatic heterocycles. The Morgan fingerprint density at radius 2 is 1.60 bits per heavy atom. The summed E-state index contributed by atoms with van der Waals surface area (Å²) < 4.78 is 32.9. The number of likely N-dealkylation sites (tertiary alicyclic amines) is 1. The first-order valence-electron chi connectivity index (χ1n) is 14.3. The van der Waals surface area contributed by atoms with Crippen molar-refractivity contribution in [3.8, 4) is 0 Å². The molecular formula is C30H34N4O7S. The molecule has 1 atom stereocenters. The van der Waals surface area contributed by atoms with Crippen LogP contribution in [0.5, 0.6) is 0 Å². The first-order valence-corrected chi connectivity index (χ1v) is 15.7. The number of aliphatic hydroxyl groups excluding tert-OH is 1. The van der Waals surface area contributed by atoms with Gasteiger partial charge in [0.05, 0.1) is 23.7 Å². The van der Waals surface area contributed by atoms with Crippen LogP contribution in [0.2, 0.25) is 0 Å². The number of sulfonamides is 1. The lowest BCUT2D eigenvalue weighted by Gasteiger charge is -2.35. The van der Waals surface area contributed by atoms with Gasteiger partial charge in [0, 0.05) is 63.1 Å². The molecule has 0 saturated carbocycles. The SMILES string of the molecule is CN1C(=O)C2(/C(=C(/O)c3ccc(S(=O)(=O)N4CCCC4)cc3)C(=O)C(=O)N2CCCN2CCOCC2)c2ccccc21. The van der Waals surface area contributed by atoms with Crippen LogP contribution in [0.3, 0.4) is 0 Å². The number of nitrogens with zero attached hydrogens (tertiary/aromatic N) is 4. The van der Waals surface area contributed by atoms with E-state index in [1.165, 1.54) is 38.4 Å². The number of carbonyl (C=O) groups is 3. The average Bonchev–Trinajstić information content (AvgIpc) is 3.69. The number of ether oxygens (including phenoxy) is 1. The molecule has 2 amide bonds. The second kappa shape index (κ2) is 10.9. The molecule has 2 aromatic carbocycles. The molecule has 4 aliphatic rings. The summed E-state index contributed by atoms with van der Waals surface area (Å²) in [4.78, 5) is 46.5. The van der Waals surface area contributed by atoms with Crippen molar-refractivity contribution in [1.29, 1.82) is 0 Å². The van der Waals surface area contributed by atoms with Gasteiger partial charge in [0.1, 0.15) is 5.76 Å². The van der Waals surface area contributed by atoms with Gasteiger partial charge in [-0.2, -0.15) is 4.31 Å². The Kier molecular flexibility index (Phi) is 7.42. The minimum absolute atomic E-state index is 0.0706. The smallest absolute Gasteiger partial charge is 0.296 e. The second-order valence-electron chi connectivity index (χ2n) is 11.0. The van der Waals surface area contributed by atoms with E-state index in [4.69, 9.17) is 4.74 Å². The highest BCUT2D eigenvalue weighted by Crippen LogP contribution is 2.53. The number of morpholine rings is 1. The average molecular weight is 595 g/mol. The van der Waals surface area contributed by atoms with Gasteiger partial charge in [0.2, 0.25) is 10.0 Å². The summed E-state index contributed by atoms with van der Waals surface area (Å²) in [5.41, 5.74) is -1.02. The van der Waals surface area contributed by atoms with Crippen molar-refractivity contribution in [2.75, 3.05) is 64.4 Å². The van der Waals surface area contributed by atoms with Gasteiger partial charge in [0.25, 0.3) is 17.6 Å². The fourth-order valence-corrected chi connectivity index (χ4v) is 8.07. The quantitative estimate of drug-likeness (QED) is 0.292. The van der Waals surface area contributed by atoms with Crippen LogP contribution in [0.4, 0.5) is 5.69 Å². The maximum Gasteiger partial charge on any atom is 0.296 e. The molecular weight excluding hydrogens is 560 g/mol. The van der Waals surface area contributed by atoms with Crippen LogP contribution in [0.15, 0.2) is 59.0 Å². The van der Waals surface area contributed by atoms with Gasteiger partial charge < -0.3 is 19.6 Å². The largest absolute Gasteiger partial charge is 0.507 e. The van der Waals surface area contributed by atoms with Crippen LogP contribution in [-0.4, -0.2) is 105 Å². The maximum absolute atomic E-state index is 14.2. The van der Waals surface area contributed by atoms with E-state index in [-0.39, 0.29) is 22.6 Å². The fraction of sp³-hybridized carbons (Fsp3) is 0.433. The van der Waals surface area contributed by atoms with Crippen LogP contribution in [0.1, 0.15) is 30.4 Å². The van der Waals surface area contributed by atoms with Gasteiger partial charge in [-0.3, -0.25) is 19.3 Å². The number of aliphatic hydroxyl groups is 1. The number of hydrogen-bond donors (Lipinski definition) is 1. The Hall–Kier alpha value is -3.58. The topological polar surface area (TPSA) is 128 Å². The first-order chi connectivity index (χ1) is 20.2. The van der Waals surface area contributed by atoms with Crippen molar-refractivity contribution in [2.45, 2.75) is 29.7 Å². The normalized spacial score (nSPS) is 24.7. The molecule has 222 valence electrons. The summed E-state index contributed by atoms with van der Waals surface area (Å²) in [7, 11) is -2.11. The van der Waals surface area contributed by atoms with Gasteiger partial charge in [-0.1, -0.05) is 18.2 Å². The number of benzene rings is 2. The predicted octanol–water partition coefficient (Wildman–Crippen LogP) is 1.75. The summed E-state index contributed by atoms with van der Waals surface area (Å²) in [5.74, 6) is -2.84. The second-order valence-corrected chi connectivity index (χ2v) is 13.0. The van der Waals surface area contributed by atoms with Crippen LogP contribution in [0, 0.1) is 0 Å². The zero-order valence-electron chi connectivity index (χ0n) is 23.5. The lowest BCUT2D eigenvalue weighted by atomic mass is 9.82. The van der Waals surface area contributed by atoms with Crippen LogP contribution < -0.4 is 4.90 Å². The monoisotopic (exact) mass is 594 g/mol. The summed E-state index contributed by atoms with van der Waals surface area (Å²) in [6, 6.07) is 12.5. The van der Waals surface area contributed by atoms with Crippen LogP contribution in [-0.2, 0) is 34.7 Å². The molecule has 0 bridgehead atoms. The van der Waals surface area contributed by atoms with E-state index < -0.39 is 38.9 Å². The zero-order valence-corrected chi connectivity index (χ0v) is 24.3. The minimum atomic E-state index is -3.69. The number of hydrogen-bond acceptors (Lipinski definition) is 8. The lowest BCUT2D eigenvalue weighted by Crippen LogP contribution is -2.52. The van der Waals surface area contributed by atoms with Crippen molar-refractivity contribution < 1.29 is 32.6 Å². The molecule has 12 heteroatoms. The van der Waals surface area contributed by atoms with E-state index in [1.807, 2.05) is 0 Å². The molecule has 0 aliphatic carbocycles. The molecule has 3 fully saturated rings. The molecule has 1 spiro atoms. The van der Waals surface area contributed by atoms with E-state index in [0.29, 0.717) is 50.5 Å². The van der Waals surface area contributed by atoms with Gasteiger partial charge in [-0.15, -0.1) is 0 Å². The number of para-hydroxylation sites is 1. The highest BCUT2D eigenvalue weighted by atomic mass is 32.2. The molecule has 0 radical (unpaired) electrons.